The molecule has 5 heteroatoms. The summed E-state index contributed by atoms with van der Waals surface area (Å²) in [4.78, 5) is 12.7. The van der Waals surface area contributed by atoms with E-state index in [-0.39, 0.29) is 5.75 Å². The van der Waals surface area contributed by atoms with E-state index in [2.05, 4.69) is 10.2 Å². The minimum atomic E-state index is -1.11. The quantitative estimate of drug-likeness (QED) is 0.688. The van der Waals surface area contributed by atoms with Gasteiger partial charge in [0.2, 0.25) is 0 Å². The molecule has 1 rings (SSSR count). The molecule has 0 atom stereocenters. The van der Waals surface area contributed by atoms with Gasteiger partial charge in [-0.05, 0) is 31.3 Å². The highest BCUT2D eigenvalue weighted by molar-refractivity contribution is 5.83. The van der Waals surface area contributed by atoms with Crippen LogP contribution in [-0.4, -0.2) is 34.3 Å². The molecule has 0 aliphatic heterocycles. The minimum Gasteiger partial charge on any atom is -0.508 e. The van der Waals surface area contributed by atoms with E-state index in [1.54, 1.807) is 6.07 Å². The Bertz CT molecular complexity index is 389. The zero-order valence-corrected chi connectivity index (χ0v) is 10.1. The number of hydrogen-bond donors (Lipinski definition) is 3. The highest BCUT2D eigenvalue weighted by Crippen LogP contribution is 2.22. The fourth-order valence-electron chi connectivity index (χ4n) is 1.60. The number of aromatic hydroxyl groups is 1. The van der Waals surface area contributed by atoms with E-state index in [9.17, 15) is 9.90 Å². The first-order valence-corrected chi connectivity index (χ1v) is 5.61. The van der Waals surface area contributed by atoms with Crippen molar-refractivity contribution in [2.24, 2.45) is 0 Å². The predicted molar refractivity (Wildman–Crippen MR) is 66.4 cm³/mol. The summed E-state index contributed by atoms with van der Waals surface area (Å²) < 4.78 is 0. The van der Waals surface area contributed by atoms with E-state index < -0.39 is 6.09 Å². The number of carboxylic acid groups (broad SMARTS) is 1. The summed E-state index contributed by atoms with van der Waals surface area (Å²) in [5, 5.41) is 20.6. The maximum atomic E-state index is 10.5. The number of rotatable bonds is 5. The summed E-state index contributed by atoms with van der Waals surface area (Å²) in [6.45, 7) is 6.45. The van der Waals surface area contributed by atoms with Gasteiger partial charge in [0.25, 0.3) is 0 Å². The van der Waals surface area contributed by atoms with Gasteiger partial charge in [-0.1, -0.05) is 13.8 Å². The Morgan fingerprint density at radius 3 is 2.53 bits per heavy atom. The number of amides is 1. The van der Waals surface area contributed by atoms with Crippen molar-refractivity contribution in [2.75, 3.05) is 18.4 Å². The fraction of sp³-hybridized carbons (Fsp3) is 0.417. The van der Waals surface area contributed by atoms with Gasteiger partial charge >= 0.3 is 6.09 Å². The van der Waals surface area contributed by atoms with Gasteiger partial charge in [0.15, 0.2) is 0 Å². The van der Waals surface area contributed by atoms with Crippen molar-refractivity contribution in [1.29, 1.82) is 0 Å². The maximum Gasteiger partial charge on any atom is 0.409 e. The van der Waals surface area contributed by atoms with Crippen LogP contribution in [0.2, 0.25) is 0 Å². The Balaban J connectivity index is 2.86. The molecule has 94 valence electrons. The third-order valence-electron chi connectivity index (χ3n) is 2.62. The van der Waals surface area contributed by atoms with Crippen LogP contribution in [0, 0.1) is 0 Å². The van der Waals surface area contributed by atoms with E-state index >= 15 is 0 Å². The molecule has 0 radical (unpaired) electrons. The van der Waals surface area contributed by atoms with E-state index in [1.807, 2.05) is 13.8 Å². The Hall–Kier alpha value is -1.75. The first kappa shape index (κ1) is 13.3. The van der Waals surface area contributed by atoms with E-state index in [0.29, 0.717) is 12.2 Å². The lowest BCUT2D eigenvalue weighted by molar-refractivity contribution is 0.209. The lowest BCUT2D eigenvalue weighted by atomic mass is 10.1. The van der Waals surface area contributed by atoms with Gasteiger partial charge in [-0.15, -0.1) is 0 Å². The second-order valence-electron chi connectivity index (χ2n) is 3.74. The molecule has 1 aromatic carbocycles. The molecular weight excluding hydrogens is 220 g/mol. The van der Waals surface area contributed by atoms with Crippen molar-refractivity contribution in [3.8, 4) is 5.75 Å². The summed E-state index contributed by atoms with van der Waals surface area (Å²) in [5.41, 5.74) is 1.19. The molecule has 0 bridgehead atoms. The predicted octanol–water partition coefficient (Wildman–Crippen LogP) is 2.32. The summed E-state index contributed by atoms with van der Waals surface area (Å²) in [5.74, 6) is 0.188. The molecule has 0 saturated carbocycles. The van der Waals surface area contributed by atoms with Gasteiger partial charge in [0.05, 0.1) is 0 Å². The van der Waals surface area contributed by atoms with Crippen molar-refractivity contribution >= 4 is 11.8 Å². The highest BCUT2D eigenvalue weighted by atomic mass is 16.4. The molecular formula is C12H18N2O3. The van der Waals surface area contributed by atoms with Crippen LogP contribution in [0.15, 0.2) is 18.2 Å². The second kappa shape index (κ2) is 6.10. The summed E-state index contributed by atoms with van der Waals surface area (Å²) in [6.07, 6.45) is -1.11. The summed E-state index contributed by atoms with van der Waals surface area (Å²) in [6, 6.07) is 4.70. The molecule has 5 nitrogen and oxygen atoms in total. The molecule has 0 spiro atoms. The van der Waals surface area contributed by atoms with Crippen LogP contribution in [-0.2, 0) is 6.54 Å². The van der Waals surface area contributed by atoms with Crippen molar-refractivity contribution in [1.82, 2.24) is 4.90 Å². The molecule has 0 fully saturated rings. The summed E-state index contributed by atoms with van der Waals surface area (Å²) in [7, 11) is 0. The lowest BCUT2D eigenvalue weighted by Crippen LogP contribution is -2.22. The average molecular weight is 238 g/mol. The van der Waals surface area contributed by atoms with Crippen LogP contribution in [0.3, 0.4) is 0 Å². The van der Waals surface area contributed by atoms with Gasteiger partial charge in [-0.3, -0.25) is 10.2 Å². The van der Waals surface area contributed by atoms with Crippen molar-refractivity contribution in [3.63, 3.8) is 0 Å². The Labute approximate surface area is 101 Å². The van der Waals surface area contributed by atoms with Crippen LogP contribution in [0.5, 0.6) is 5.75 Å². The highest BCUT2D eigenvalue weighted by Gasteiger charge is 2.08. The second-order valence-corrected chi connectivity index (χ2v) is 3.74. The number of anilines is 1. The molecule has 3 N–H and O–H groups in total. The number of phenolic OH excluding ortho intramolecular Hbond substituents is 1. The standard InChI is InChI=1S/C12H18N2O3/c1-3-14(4-2)8-9-7-10(13-12(16)17)5-6-11(9)15/h5-7,13,15H,3-4,8H2,1-2H3,(H,16,17). The van der Waals surface area contributed by atoms with Crippen LogP contribution in [0.25, 0.3) is 0 Å². The maximum absolute atomic E-state index is 10.5. The zero-order chi connectivity index (χ0) is 12.8. The average Bonchev–Trinajstić information content (AvgIpc) is 2.29. The zero-order valence-electron chi connectivity index (χ0n) is 10.1. The van der Waals surface area contributed by atoms with Crippen molar-refractivity contribution in [2.45, 2.75) is 20.4 Å². The van der Waals surface area contributed by atoms with Crippen LogP contribution in [0.4, 0.5) is 10.5 Å². The number of benzene rings is 1. The first-order valence-electron chi connectivity index (χ1n) is 5.61. The van der Waals surface area contributed by atoms with Crippen LogP contribution in [0.1, 0.15) is 19.4 Å². The fourth-order valence-corrected chi connectivity index (χ4v) is 1.60. The molecule has 0 aromatic heterocycles. The number of carbonyl (C=O) groups is 1. The number of nitrogens with zero attached hydrogens (tertiary/aromatic N) is 1. The molecule has 0 aliphatic carbocycles. The molecule has 0 saturated heterocycles. The molecule has 0 unspecified atom stereocenters. The Kier molecular flexibility index (Phi) is 4.78. The smallest absolute Gasteiger partial charge is 0.409 e. The van der Waals surface area contributed by atoms with E-state index in [0.717, 1.165) is 18.7 Å². The monoisotopic (exact) mass is 238 g/mol. The number of nitrogens with one attached hydrogen (secondary N) is 1. The lowest BCUT2D eigenvalue weighted by Gasteiger charge is -2.19. The minimum absolute atomic E-state index is 0.188. The molecule has 1 aromatic rings. The first-order chi connectivity index (χ1) is 8.06. The van der Waals surface area contributed by atoms with Crippen LogP contribution >= 0.6 is 0 Å². The number of hydrogen-bond acceptors (Lipinski definition) is 3. The summed E-state index contributed by atoms with van der Waals surface area (Å²) >= 11 is 0. The van der Waals surface area contributed by atoms with Crippen molar-refractivity contribution < 1.29 is 15.0 Å². The number of phenols is 1. The normalized spacial score (nSPS) is 10.5. The molecule has 0 heterocycles. The Morgan fingerprint density at radius 1 is 1.35 bits per heavy atom. The van der Waals surface area contributed by atoms with E-state index in [4.69, 9.17) is 5.11 Å². The SMILES string of the molecule is CCN(CC)Cc1cc(NC(=O)O)ccc1O. The van der Waals surface area contributed by atoms with E-state index in [1.165, 1.54) is 12.1 Å². The topological polar surface area (TPSA) is 72.8 Å². The van der Waals surface area contributed by atoms with Gasteiger partial charge < -0.3 is 10.2 Å². The van der Waals surface area contributed by atoms with Gasteiger partial charge in [0, 0.05) is 17.8 Å². The Morgan fingerprint density at radius 2 is 2.00 bits per heavy atom. The molecule has 1 amide bonds. The van der Waals surface area contributed by atoms with Gasteiger partial charge in [0.1, 0.15) is 5.75 Å². The molecule has 17 heavy (non-hydrogen) atoms. The van der Waals surface area contributed by atoms with Gasteiger partial charge in [-0.2, -0.15) is 0 Å². The third-order valence-corrected chi connectivity index (χ3v) is 2.62. The molecule has 0 aliphatic rings. The largest absolute Gasteiger partial charge is 0.508 e. The van der Waals surface area contributed by atoms with Crippen molar-refractivity contribution in [3.05, 3.63) is 23.8 Å². The van der Waals surface area contributed by atoms with Crippen LogP contribution < -0.4 is 5.32 Å². The van der Waals surface area contributed by atoms with Gasteiger partial charge in [-0.25, -0.2) is 4.79 Å². The third kappa shape index (κ3) is 3.96.